The fourth-order valence-corrected chi connectivity index (χ4v) is 6.85. The number of ketones is 1. The Kier molecular flexibility index (Phi) is 9.18. The highest BCUT2D eigenvalue weighted by Gasteiger charge is 2.56. The van der Waals surface area contributed by atoms with E-state index in [1.54, 1.807) is 0 Å². The molecule has 0 amide bonds. The van der Waals surface area contributed by atoms with Crippen LogP contribution < -0.4 is 0 Å². The highest BCUT2D eigenvalue weighted by atomic mass is 28.4. The summed E-state index contributed by atoms with van der Waals surface area (Å²) < 4.78 is 18.3. The molecule has 8 heteroatoms. The molecule has 0 aliphatic heterocycles. The average molecular weight is 501 g/mol. The van der Waals surface area contributed by atoms with Crippen LogP contribution in [0.25, 0.3) is 0 Å². The van der Waals surface area contributed by atoms with Crippen LogP contribution in [0.2, 0.25) is 36.3 Å². The molecule has 0 aromatic rings. The summed E-state index contributed by atoms with van der Waals surface area (Å²) >= 11 is 0. The molecule has 1 aliphatic rings. The number of carbonyl (C=O) groups excluding carboxylic acids is 3. The van der Waals surface area contributed by atoms with Crippen molar-refractivity contribution < 1.29 is 28.0 Å². The lowest BCUT2D eigenvalue weighted by molar-refractivity contribution is -0.157. The predicted molar refractivity (Wildman–Crippen MR) is 137 cm³/mol. The van der Waals surface area contributed by atoms with Crippen molar-refractivity contribution in [3.05, 3.63) is 0 Å². The minimum atomic E-state index is -2.32. The molecule has 0 aromatic heterocycles. The number of ether oxygens (including phenoxy) is 1. The molecule has 192 valence electrons. The van der Waals surface area contributed by atoms with E-state index in [1.807, 2.05) is 13.8 Å². The number of carbonyl (C=O) groups is 3. The van der Waals surface area contributed by atoms with Gasteiger partial charge in [0.25, 0.3) is 0 Å². The molecule has 0 heterocycles. The molecule has 1 rings (SSSR count). The topological polar surface area (TPSA) is 78.9 Å². The van der Waals surface area contributed by atoms with Crippen LogP contribution in [0.4, 0.5) is 0 Å². The smallest absolute Gasteiger partial charge is 0.308 e. The van der Waals surface area contributed by atoms with Gasteiger partial charge >= 0.3 is 5.97 Å². The number of Topliss-reactive ketones (excluding diaryl/α,β-unsaturated/α-hetero) is 1. The molecule has 0 saturated heterocycles. The van der Waals surface area contributed by atoms with Crippen LogP contribution in [0.5, 0.6) is 0 Å². The largest absolute Gasteiger partial charge is 0.469 e. The van der Waals surface area contributed by atoms with Crippen LogP contribution in [0.15, 0.2) is 0 Å². The summed E-state index contributed by atoms with van der Waals surface area (Å²) in [6, 6.07) is 0. The summed E-state index contributed by atoms with van der Waals surface area (Å²) in [4.78, 5) is 38.6. The zero-order valence-electron chi connectivity index (χ0n) is 23.3. The second kappa shape index (κ2) is 10.0. The minimum absolute atomic E-state index is 0.00285. The Morgan fingerprint density at radius 2 is 1.58 bits per heavy atom. The van der Waals surface area contributed by atoms with Gasteiger partial charge in [-0.15, -0.1) is 0 Å². The molecular weight excluding hydrogens is 452 g/mol. The normalized spacial score (nSPS) is 28.4. The molecule has 0 radical (unpaired) electrons. The van der Waals surface area contributed by atoms with E-state index in [2.05, 4.69) is 67.7 Å². The molecule has 1 fully saturated rings. The zero-order valence-corrected chi connectivity index (χ0v) is 25.3. The van der Waals surface area contributed by atoms with Crippen molar-refractivity contribution in [2.24, 2.45) is 17.3 Å². The maximum absolute atomic E-state index is 13.9. The zero-order chi connectivity index (χ0) is 26.2. The van der Waals surface area contributed by atoms with E-state index in [0.29, 0.717) is 6.42 Å². The molecule has 5 atom stereocenters. The van der Waals surface area contributed by atoms with Gasteiger partial charge in [-0.05, 0) is 42.7 Å². The van der Waals surface area contributed by atoms with Crippen molar-refractivity contribution in [1.82, 2.24) is 0 Å². The van der Waals surface area contributed by atoms with Crippen molar-refractivity contribution >= 4 is 34.7 Å². The Hall–Kier alpha value is -0.836. The van der Waals surface area contributed by atoms with Gasteiger partial charge in [-0.2, -0.15) is 0 Å². The first-order valence-electron chi connectivity index (χ1n) is 12.1. The van der Waals surface area contributed by atoms with Gasteiger partial charge in [0.05, 0.1) is 31.2 Å². The summed E-state index contributed by atoms with van der Waals surface area (Å²) in [6.07, 6.45) is 0.0975. The Bertz CT molecular complexity index is 732. The van der Waals surface area contributed by atoms with E-state index in [0.717, 1.165) is 6.29 Å². The van der Waals surface area contributed by atoms with Gasteiger partial charge in [-0.1, -0.05) is 55.4 Å². The van der Waals surface area contributed by atoms with Gasteiger partial charge < -0.3 is 18.4 Å². The molecule has 0 N–H and O–H groups in total. The molecule has 0 spiro atoms. The van der Waals surface area contributed by atoms with Gasteiger partial charge in [0.2, 0.25) is 0 Å². The Balaban J connectivity index is 3.43. The lowest BCUT2D eigenvalue weighted by atomic mass is 9.62. The third-order valence-corrected chi connectivity index (χ3v) is 17.5. The molecule has 0 bridgehead atoms. The van der Waals surface area contributed by atoms with Crippen LogP contribution in [-0.4, -0.2) is 54.0 Å². The van der Waals surface area contributed by atoms with Crippen molar-refractivity contribution in [2.45, 2.75) is 117 Å². The van der Waals surface area contributed by atoms with E-state index >= 15 is 0 Å². The van der Waals surface area contributed by atoms with Crippen molar-refractivity contribution in [3.63, 3.8) is 0 Å². The van der Waals surface area contributed by atoms with Crippen LogP contribution in [0.1, 0.15) is 68.2 Å². The van der Waals surface area contributed by atoms with Gasteiger partial charge in [0.1, 0.15) is 12.1 Å². The summed E-state index contributed by atoms with van der Waals surface area (Å²) in [6.45, 7) is 25.0. The third kappa shape index (κ3) is 6.44. The van der Waals surface area contributed by atoms with E-state index < -0.39 is 52.1 Å². The molecule has 6 nitrogen and oxygen atoms in total. The molecule has 1 saturated carbocycles. The number of methoxy groups -OCH3 is 1. The summed E-state index contributed by atoms with van der Waals surface area (Å²) in [7, 11) is -3.17. The fraction of sp³-hybridized carbons (Fsp3) is 0.880. The van der Waals surface area contributed by atoms with E-state index in [1.165, 1.54) is 7.11 Å². The maximum Gasteiger partial charge on any atom is 0.308 e. The van der Waals surface area contributed by atoms with Crippen LogP contribution in [0, 0.1) is 17.3 Å². The lowest BCUT2D eigenvalue weighted by Gasteiger charge is -2.51. The minimum Gasteiger partial charge on any atom is -0.469 e. The fourth-order valence-electron chi connectivity index (χ4n) is 4.03. The van der Waals surface area contributed by atoms with Gasteiger partial charge in [0.15, 0.2) is 16.6 Å². The molecule has 33 heavy (non-hydrogen) atoms. The van der Waals surface area contributed by atoms with Gasteiger partial charge in [-0.3, -0.25) is 9.59 Å². The summed E-state index contributed by atoms with van der Waals surface area (Å²) in [5, 5.41) is -0.137. The maximum atomic E-state index is 13.9. The number of esters is 1. The van der Waals surface area contributed by atoms with Crippen LogP contribution in [0.3, 0.4) is 0 Å². The van der Waals surface area contributed by atoms with Crippen LogP contribution in [-0.2, 0) is 28.0 Å². The highest BCUT2D eigenvalue weighted by Crippen LogP contribution is 2.49. The average Bonchev–Trinajstić information content (AvgIpc) is 2.65. The van der Waals surface area contributed by atoms with Gasteiger partial charge in [0, 0.05) is 11.8 Å². The number of hydrogen-bond acceptors (Lipinski definition) is 6. The molecule has 1 aliphatic carbocycles. The quantitative estimate of drug-likeness (QED) is 0.239. The SMILES string of the molecule is COC(=O)C[C@H](O[Si](C)(C)C(C)(C)C)[C@]1(C)C[C@@H](C=O)[C@H](O[Si](C)(C)C(C)(C)C)[C@@H](C)C1=O. The molecule has 0 unspecified atom stereocenters. The Labute approximate surface area is 203 Å². The first-order chi connectivity index (χ1) is 14.6. The van der Waals surface area contributed by atoms with E-state index in [-0.39, 0.29) is 22.3 Å². The van der Waals surface area contributed by atoms with Crippen molar-refractivity contribution in [3.8, 4) is 0 Å². The number of aldehydes is 1. The standard InChI is InChI=1S/C25H48O6Si2/c1-17-21(31-33(12,13)24(5,6)7)18(16-26)15-25(8,22(17)28)19(14-20(27)29-9)30-32(10,11)23(2,3)4/h16-19,21H,14-15H2,1-13H3/t17-,18+,19+,21-,25+/m1/s1. The Morgan fingerprint density at radius 1 is 1.09 bits per heavy atom. The van der Waals surface area contributed by atoms with E-state index in [9.17, 15) is 14.4 Å². The van der Waals surface area contributed by atoms with Crippen LogP contribution >= 0.6 is 0 Å². The highest BCUT2D eigenvalue weighted by molar-refractivity contribution is 6.74. The summed E-state index contributed by atoms with van der Waals surface area (Å²) in [5.41, 5.74) is -0.984. The Morgan fingerprint density at radius 3 is 1.97 bits per heavy atom. The number of rotatable bonds is 8. The second-order valence-corrected chi connectivity index (χ2v) is 22.6. The summed E-state index contributed by atoms with van der Waals surface area (Å²) in [5.74, 6) is -1.34. The van der Waals surface area contributed by atoms with Crippen molar-refractivity contribution in [1.29, 1.82) is 0 Å². The monoisotopic (exact) mass is 500 g/mol. The first kappa shape index (κ1) is 30.2. The van der Waals surface area contributed by atoms with E-state index in [4.69, 9.17) is 13.6 Å². The molecular formula is C25H48O6Si2. The van der Waals surface area contributed by atoms with Crippen molar-refractivity contribution in [2.75, 3.05) is 7.11 Å². The molecule has 0 aromatic carbocycles. The van der Waals surface area contributed by atoms with Gasteiger partial charge in [-0.25, -0.2) is 0 Å². The number of hydrogen-bond donors (Lipinski definition) is 0. The second-order valence-electron chi connectivity index (χ2n) is 13.1. The third-order valence-electron chi connectivity index (χ3n) is 8.50. The first-order valence-corrected chi connectivity index (χ1v) is 17.9. The lowest BCUT2D eigenvalue weighted by Crippen LogP contribution is -2.60. The predicted octanol–water partition coefficient (Wildman–Crippen LogP) is 5.76.